The van der Waals surface area contributed by atoms with E-state index in [-0.39, 0.29) is 0 Å². The monoisotopic (exact) mass is 904 g/mol. The number of halogens is 5. The highest BCUT2D eigenvalue weighted by molar-refractivity contribution is 6.37. The largest absolute Gasteiger partial charge is 0.377 e. The summed E-state index contributed by atoms with van der Waals surface area (Å²) in [5, 5.41) is 13.7. The third kappa shape index (κ3) is 11.7. The van der Waals surface area contributed by atoms with Gasteiger partial charge in [-0.25, -0.2) is 29.6 Å². The first-order valence-electron chi connectivity index (χ1n) is 18.4. The van der Waals surface area contributed by atoms with E-state index in [1.807, 2.05) is 54.6 Å². The molecular weight excluding hydrogens is 874 g/mol. The summed E-state index contributed by atoms with van der Waals surface area (Å²) >= 11 is 30.6. The molecule has 5 N–H and O–H groups in total. The highest BCUT2D eigenvalue weighted by Crippen LogP contribution is 2.33. The van der Waals surface area contributed by atoms with Crippen LogP contribution >= 0.6 is 58.0 Å². The van der Waals surface area contributed by atoms with Crippen LogP contribution in [-0.2, 0) is 0 Å². The summed E-state index contributed by atoms with van der Waals surface area (Å²) in [6.07, 6.45) is 3.30. The van der Waals surface area contributed by atoms with Crippen LogP contribution < -0.4 is 21.7 Å². The maximum absolute atomic E-state index is 7.22. The normalized spacial score (nSPS) is 10.4. The molecule has 4 aromatic carbocycles. The zero-order valence-corrected chi connectivity index (χ0v) is 35.7. The van der Waals surface area contributed by atoms with Gasteiger partial charge in [-0.1, -0.05) is 107 Å². The van der Waals surface area contributed by atoms with Crippen LogP contribution in [0.4, 0.5) is 28.8 Å². The Hall–Kier alpha value is -6.35. The zero-order valence-electron chi connectivity index (χ0n) is 31.9. The molecule has 0 radical (unpaired) electrons. The molecule has 0 aliphatic heterocycles. The number of fused-ring (bicyclic) bond motifs is 2. The minimum Gasteiger partial charge on any atom is -0.377 e. The van der Waals surface area contributed by atoms with Gasteiger partial charge >= 0.3 is 0 Å². The lowest BCUT2D eigenvalue weighted by Gasteiger charge is -2.13. The summed E-state index contributed by atoms with van der Waals surface area (Å²) < 4.78 is 0. The van der Waals surface area contributed by atoms with Gasteiger partial charge in [0.05, 0.1) is 34.2 Å². The molecule has 61 heavy (non-hydrogen) atoms. The highest BCUT2D eigenvalue weighted by atomic mass is 35.5. The van der Waals surface area contributed by atoms with Gasteiger partial charge < -0.3 is 21.7 Å². The van der Waals surface area contributed by atoms with Crippen LogP contribution in [0.3, 0.4) is 0 Å². The van der Waals surface area contributed by atoms with Crippen molar-refractivity contribution < 1.29 is 0 Å². The maximum Gasteiger partial charge on any atom is 0.228 e. The molecule has 8 aromatic rings. The van der Waals surface area contributed by atoms with Crippen LogP contribution in [0.2, 0.25) is 25.2 Å². The molecule has 0 fully saturated rings. The van der Waals surface area contributed by atoms with E-state index in [4.69, 9.17) is 81.9 Å². The molecule has 0 atom stereocenters. The predicted octanol–water partition coefficient (Wildman–Crippen LogP) is 12.3. The summed E-state index contributed by atoms with van der Waals surface area (Å²) in [6.45, 7) is 16.4. The molecule has 8 rings (SSSR count). The van der Waals surface area contributed by atoms with E-state index in [1.54, 1.807) is 67.0 Å². The molecule has 0 unspecified atom stereocenters. The number of para-hydroxylation sites is 2. The fourth-order valence-corrected chi connectivity index (χ4v) is 6.86. The number of anilines is 3. The fourth-order valence-electron chi connectivity index (χ4n) is 5.63. The third-order valence-electron chi connectivity index (χ3n) is 8.46. The number of rotatable bonds is 10. The van der Waals surface area contributed by atoms with Crippen LogP contribution in [0.15, 0.2) is 122 Å². The molecule has 17 heteroatoms. The van der Waals surface area contributed by atoms with Gasteiger partial charge in [-0.05, 0) is 60.7 Å². The number of hydrogen-bond donors (Lipinski definition) is 4. The molecule has 4 heterocycles. The Bertz CT molecular complexity index is 2880. The Morgan fingerprint density at radius 3 is 1.51 bits per heavy atom. The van der Waals surface area contributed by atoms with Gasteiger partial charge in [0.2, 0.25) is 11.4 Å². The summed E-state index contributed by atoms with van der Waals surface area (Å²) in [5.41, 5.74) is 9.33. The Kier molecular flexibility index (Phi) is 15.8. The van der Waals surface area contributed by atoms with Gasteiger partial charge in [-0.3, -0.25) is 9.97 Å². The van der Waals surface area contributed by atoms with Gasteiger partial charge in [0, 0.05) is 70.5 Å². The fraction of sp³-hybridized carbons (Fsp3) is 0.0909. The maximum atomic E-state index is 7.22. The average Bonchev–Trinajstić information content (AvgIpc) is 3.27. The van der Waals surface area contributed by atoms with Crippen molar-refractivity contribution in [3.8, 4) is 22.8 Å². The van der Waals surface area contributed by atoms with Crippen LogP contribution in [0.1, 0.15) is 0 Å². The molecule has 0 saturated heterocycles. The van der Waals surface area contributed by atoms with Crippen molar-refractivity contribution in [3.63, 3.8) is 0 Å². The molecule has 12 nitrogen and oxygen atoms in total. The lowest BCUT2D eigenvalue weighted by molar-refractivity contribution is 1.01. The molecule has 0 bridgehead atoms. The second-order valence-electron chi connectivity index (χ2n) is 12.6. The summed E-state index contributed by atoms with van der Waals surface area (Å²) in [5.74, 6) is 2.89. The molecule has 4 aromatic heterocycles. The van der Waals surface area contributed by atoms with Crippen LogP contribution in [0, 0.1) is 13.1 Å². The minimum atomic E-state index is 0.409. The predicted molar refractivity (Wildman–Crippen MR) is 251 cm³/mol. The third-order valence-corrected chi connectivity index (χ3v) is 9.85. The van der Waals surface area contributed by atoms with Crippen LogP contribution in [0.25, 0.3) is 54.3 Å². The topological polar surface area (TPSA) is 148 Å². The first-order valence-corrected chi connectivity index (χ1v) is 20.2. The van der Waals surface area contributed by atoms with E-state index in [0.29, 0.717) is 103 Å². The van der Waals surface area contributed by atoms with Crippen molar-refractivity contribution in [2.24, 2.45) is 5.73 Å². The standard InChI is InChI=1S/C22H16Cl2N6.C14H7Cl3N2.C8H10N4/c1-25-19-7-4-10-26-22(19)28-12-11-27-20-16-5-2-3-6-18(16)29-21(30-20)15-9-8-14(23)13-17(15)24;15-8-5-6-9(11(16)7-8)14-18-12-4-2-1-3-10(12)13(17)19-14;1-10-7-3-2-5-11-8(7)12-6-4-9/h2-10,13H,11-12H2,(H,26,28)(H,27,29,30);1-7H;2-3,5H,4,6,9H2,(H,11,12). The number of aromatic nitrogens is 6. The molecule has 0 aliphatic rings. The van der Waals surface area contributed by atoms with Crippen molar-refractivity contribution in [3.05, 3.63) is 170 Å². The van der Waals surface area contributed by atoms with E-state index in [2.05, 4.69) is 50.6 Å². The van der Waals surface area contributed by atoms with Gasteiger partial charge in [-0.2, -0.15) is 0 Å². The number of nitrogens with zero attached hydrogens (tertiary/aromatic N) is 8. The lowest BCUT2D eigenvalue weighted by Crippen LogP contribution is -2.15. The Morgan fingerprint density at radius 2 is 0.984 bits per heavy atom. The van der Waals surface area contributed by atoms with Crippen LogP contribution in [0.5, 0.6) is 0 Å². The quantitative estimate of drug-likeness (QED) is 0.0594. The number of benzene rings is 4. The smallest absolute Gasteiger partial charge is 0.228 e. The number of pyridine rings is 2. The van der Waals surface area contributed by atoms with Crippen molar-refractivity contribution in [2.45, 2.75) is 0 Å². The van der Waals surface area contributed by atoms with E-state index in [1.165, 1.54) is 0 Å². The molecule has 0 aliphatic carbocycles. The first kappa shape index (κ1) is 44.2. The SMILES string of the molecule is Clc1ccc(-c2nc(Cl)c3ccccc3n2)c(Cl)c1.[C-]#[N+]c1cccnc1NCCN.[C-]#[N+]c1cccnc1NCCNc1nc(-c2ccc(Cl)cc2Cl)nc2ccccc12. The molecule has 0 amide bonds. The Morgan fingerprint density at radius 1 is 0.508 bits per heavy atom. The Labute approximate surface area is 376 Å². The van der Waals surface area contributed by atoms with E-state index < -0.39 is 0 Å². The van der Waals surface area contributed by atoms with Gasteiger partial charge in [0.25, 0.3) is 0 Å². The second kappa shape index (κ2) is 21.8. The minimum absolute atomic E-state index is 0.409. The molecule has 0 saturated carbocycles. The summed E-state index contributed by atoms with van der Waals surface area (Å²) in [6, 6.07) is 32.7. The zero-order chi connectivity index (χ0) is 43.1. The molecular formula is C44H33Cl5N12. The van der Waals surface area contributed by atoms with E-state index in [9.17, 15) is 0 Å². The lowest BCUT2D eigenvalue weighted by atomic mass is 10.2. The second-order valence-corrected chi connectivity index (χ2v) is 14.6. The van der Waals surface area contributed by atoms with Gasteiger partial charge in [-0.15, -0.1) is 0 Å². The Balaban J connectivity index is 0.000000171. The van der Waals surface area contributed by atoms with Crippen molar-refractivity contribution in [1.82, 2.24) is 29.9 Å². The van der Waals surface area contributed by atoms with Crippen LogP contribution in [-0.4, -0.2) is 56.1 Å². The summed E-state index contributed by atoms with van der Waals surface area (Å²) in [4.78, 5) is 33.1. The van der Waals surface area contributed by atoms with Crippen molar-refractivity contribution in [2.75, 3.05) is 42.1 Å². The number of nitrogens with two attached hydrogens (primary N) is 1. The first-order chi connectivity index (χ1) is 29.7. The average molecular weight is 907 g/mol. The summed E-state index contributed by atoms with van der Waals surface area (Å²) in [7, 11) is 0. The number of hydrogen-bond acceptors (Lipinski definition) is 10. The van der Waals surface area contributed by atoms with Crippen molar-refractivity contribution in [1.29, 1.82) is 0 Å². The van der Waals surface area contributed by atoms with Gasteiger partial charge in [0.15, 0.2) is 11.6 Å². The number of nitrogens with one attached hydrogen (secondary N) is 3. The van der Waals surface area contributed by atoms with E-state index >= 15 is 0 Å². The highest BCUT2D eigenvalue weighted by Gasteiger charge is 2.13. The van der Waals surface area contributed by atoms with Crippen molar-refractivity contribution >= 4 is 109 Å². The van der Waals surface area contributed by atoms with Gasteiger partial charge in [0.1, 0.15) is 22.6 Å². The molecule has 304 valence electrons. The molecule has 0 spiro atoms. The van der Waals surface area contributed by atoms with E-state index in [0.717, 1.165) is 21.8 Å².